The summed E-state index contributed by atoms with van der Waals surface area (Å²) in [5.41, 5.74) is 8.73. The molecular formula is C15H16N2O3. The first-order valence-electron chi connectivity index (χ1n) is 6.13. The lowest BCUT2D eigenvalue weighted by Crippen LogP contribution is -2.12. The van der Waals surface area contributed by atoms with E-state index in [0.29, 0.717) is 5.69 Å². The summed E-state index contributed by atoms with van der Waals surface area (Å²) in [5, 5.41) is 18.8. The third-order valence-corrected chi connectivity index (χ3v) is 2.99. The zero-order valence-corrected chi connectivity index (χ0v) is 11.3. The number of carboxylic acid groups (broad SMARTS) is 1. The summed E-state index contributed by atoms with van der Waals surface area (Å²) in [6, 6.07) is 10.2. The zero-order valence-electron chi connectivity index (χ0n) is 11.3. The highest BCUT2D eigenvalue weighted by Gasteiger charge is 2.09. The molecule has 0 radical (unpaired) electrons. The Morgan fingerprint density at radius 2 is 1.65 bits per heavy atom. The van der Waals surface area contributed by atoms with Crippen molar-refractivity contribution in [3.63, 3.8) is 0 Å². The molecular weight excluding hydrogens is 256 g/mol. The van der Waals surface area contributed by atoms with E-state index in [1.165, 1.54) is 6.07 Å². The molecule has 0 aliphatic heterocycles. The molecule has 0 saturated carbocycles. The van der Waals surface area contributed by atoms with Gasteiger partial charge in [0, 0.05) is 0 Å². The van der Waals surface area contributed by atoms with Crippen LogP contribution in [0.1, 0.15) is 21.5 Å². The first-order valence-corrected chi connectivity index (χ1v) is 6.13. The molecule has 5 heteroatoms. The van der Waals surface area contributed by atoms with E-state index in [0.717, 1.165) is 16.8 Å². The average molecular weight is 272 g/mol. The van der Waals surface area contributed by atoms with Crippen LogP contribution in [0.3, 0.4) is 0 Å². The number of hydrogen-bond donors (Lipinski definition) is 4. The van der Waals surface area contributed by atoms with Gasteiger partial charge in [-0.25, -0.2) is 4.79 Å². The molecule has 0 bridgehead atoms. The third kappa shape index (κ3) is 2.83. The molecule has 104 valence electrons. The van der Waals surface area contributed by atoms with Crippen molar-refractivity contribution < 1.29 is 15.0 Å². The number of phenols is 1. The van der Waals surface area contributed by atoms with Crippen molar-refractivity contribution in [1.82, 2.24) is 0 Å². The molecule has 2 aromatic carbocycles. The van der Waals surface area contributed by atoms with E-state index >= 15 is 0 Å². The van der Waals surface area contributed by atoms with Gasteiger partial charge in [0.05, 0.1) is 16.9 Å². The van der Waals surface area contributed by atoms with E-state index in [9.17, 15) is 9.90 Å². The molecule has 2 aromatic rings. The highest BCUT2D eigenvalue weighted by molar-refractivity contribution is 5.94. The summed E-state index contributed by atoms with van der Waals surface area (Å²) >= 11 is 0. The number of para-hydroxylation sites is 1. The monoisotopic (exact) mass is 272 g/mol. The summed E-state index contributed by atoms with van der Waals surface area (Å²) in [4.78, 5) is 11.1. The average Bonchev–Trinajstić information content (AvgIpc) is 2.42. The van der Waals surface area contributed by atoms with E-state index in [1.807, 2.05) is 0 Å². The van der Waals surface area contributed by atoms with Crippen LogP contribution in [0.25, 0.3) is 0 Å². The fourth-order valence-electron chi connectivity index (χ4n) is 1.95. The van der Waals surface area contributed by atoms with Crippen LogP contribution in [-0.2, 0) is 0 Å². The van der Waals surface area contributed by atoms with Crippen LogP contribution in [0.2, 0.25) is 0 Å². The van der Waals surface area contributed by atoms with Crippen LogP contribution in [-0.4, -0.2) is 16.2 Å². The van der Waals surface area contributed by atoms with Crippen molar-refractivity contribution in [1.29, 1.82) is 0 Å². The molecule has 0 heterocycles. The topological polar surface area (TPSA) is 81.6 Å². The Hall–Kier alpha value is -2.69. The quantitative estimate of drug-likeness (QED) is 0.508. The van der Waals surface area contributed by atoms with Gasteiger partial charge < -0.3 is 21.1 Å². The number of aromatic hydroxyl groups is 1. The molecule has 0 unspecified atom stereocenters. The molecule has 2 rings (SSSR count). The summed E-state index contributed by atoms with van der Waals surface area (Å²) in [7, 11) is 0. The molecule has 4 N–H and O–H groups in total. The Kier molecular flexibility index (Phi) is 3.79. The van der Waals surface area contributed by atoms with Gasteiger partial charge in [-0.2, -0.15) is 0 Å². The molecule has 5 nitrogen and oxygen atoms in total. The number of phenolic OH excluding ortho intramolecular Hbond substituents is 1. The minimum absolute atomic E-state index is 0.187. The maximum atomic E-state index is 11.1. The van der Waals surface area contributed by atoms with Gasteiger partial charge in [0.1, 0.15) is 5.75 Å². The SMILES string of the molecule is Cc1cc(NNc2ccccc2C(=O)O)cc(C)c1O. The lowest BCUT2D eigenvalue weighted by molar-refractivity contribution is 0.0698. The lowest BCUT2D eigenvalue weighted by Gasteiger charge is -2.14. The Morgan fingerprint density at radius 1 is 1.05 bits per heavy atom. The number of aromatic carboxylic acids is 1. The second-order valence-corrected chi connectivity index (χ2v) is 4.56. The Labute approximate surface area is 116 Å². The number of anilines is 2. The molecule has 0 fully saturated rings. The summed E-state index contributed by atoms with van der Waals surface area (Å²) in [6.45, 7) is 3.61. The maximum Gasteiger partial charge on any atom is 0.337 e. The van der Waals surface area contributed by atoms with Gasteiger partial charge in [-0.1, -0.05) is 12.1 Å². The number of rotatable bonds is 4. The molecule has 0 aromatic heterocycles. The van der Waals surface area contributed by atoms with E-state index in [-0.39, 0.29) is 11.3 Å². The van der Waals surface area contributed by atoms with Gasteiger partial charge in [0.25, 0.3) is 0 Å². The van der Waals surface area contributed by atoms with Crippen molar-refractivity contribution in [2.45, 2.75) is 13.8 Å². The fourth-order valence-corrected chi connectivity index (χ4v) is 1.95. The fraction of sp³-hybridized carbons (Fsp3) is 0.133. The largest absolute Gasteiger partial charge is 0.507 e. The van der Waals surface area contributed by atoms with Crippen molar-refractivity contribution in [3.05, 3.63) is 53.1 Å². The van der Waals surface area contributed by atoms with Gasteiger partial charge in [0.2, 0.25) is 0 Å². The number of hydrazine groups is 1. The number of carboxylic acids is 1. The van der Waals surface area contributed by atoms with Gasteiger partial charge in [-0.05, 0) is 49.2 Å². The highest BCUT2D eigenvalue weighted by Crippen LogP contribution is 2.25. The molecule has 0 saturated heterocycles. The minimum Gasteiger partial charge on any atom is -0.507 e. The van der Waals surface area contributed by atoms with Crippen LogP contribution in [0.4, 0.5) is 11.4 Å². The van der Waals surface area contributed by atoms with E-state index < -0.39 is 5.97 Å². The third-order valence-electron chi connectivity index (χ3n) is 2.99. The van der Waals surface area contributed by atoms with E-state index in [1.54, 1.807) is 44.2 Å². The smallest absolute Gasteiger partial charge is 0.337 e. The molecule has 0 aliphatic rings. The molecule has 20 heavy (non-hydrogen) atoms. The number of aryl methyl sites for hydroxylation is 2. The maximum absolute atomic E-state index is 11.1. The zero-order chi connectivity index (χ0) is 14.7. The first kappa shape index (κ1) is 13.7. The van der Waals surface area contributed by atoms with Crippen molar-refractivity contribution in [2.75, 3.05) is 10.9 Å². The van der Waals surface area contributed by atoms with Crippen molar-refractivity contribution in [2.24, 2.45) is 0 Å². The molecule has 0 spiro atoms. The number of nitrogens with one attached hydrogen (secondary N) is 2. The van der Waals surface area contributed by atoms with E-state index in [2.05, 4.69) is 10.9 Å². The Bertz CT molecular complexity index is 630. The summed E-state index contributed by atoms with van der Waals surface area (Å²) in [5.74, 6) is -0.727. The predicted octanol–water partition coefficient (Wildman–Crippen LogP) is 3.15. The number of carbonyl (C=O) groups is 1. The normalized spacial score (nSPS) is 10.1. The molecule has 0 amide bonds. The van der Waals surface area contributed by atoms with Crippen molar-refractivity contribution >= 4 is 17.3 Å². The van der Waals surface area contributed by atoms with Crippen LogP contribution in [0.15, 0.2) is 36.4 Å². The standard InChI is InChI=1S/C15H16N2O3/c1-9-7-11(8-10(2)14(9)18)16-17-13-6-4-3-5-12(13)15(19)20/h3-8,16-18H,1-2H3,(H,19,20). The van der Waals surface area contributed by atoms with Crippen molar-refractivity contribution in [3.8, 4) is 5.75 Å². The van der Waals surface area contributed by atoms with Gasteiger partial charge in [-0.3, -0.25) is 0 Å². The Balaban J connectivity index is 2.19. The van der Waals surface area contributed by atoms with Crippen LogP contribution < -0.4 is 10.9 Å². The van der Waals surface area contributed by atoms with Gasteiger partial charge in [0.15, 0.2) is 0 Å². The van der Waals surface area contributed by atoms with Crippen LogP contribution >= 0.6 is 0 Å². The second-order valence-electron chi connectivity index (χ2n) is 4.56. The van der Waals surface area contributed by atoms with Crippen LogP contribution in [0, 0.1) is 13.8 Å². The van der Waals surface area contributed by atoms with Crippen LogP contribution in [0.5, 0.6) is 5.75 Å². The number of benzene rings is 2. The molecule has 0 aliphatic carbocycles. The molecule has 0 atom stereocenters. The minimum atomic E-state index is -0.993. The Morgan fingerprint density at radius 3 is 2.25 bits per heavy atom. The second kappa shape index (κ2) is 5.52. The first-order chi connectivity index (χ1) is 9.49. The highest BCUT2D eigenvalue weighted by atomic mass is 16.4. The van der Waals surface area contributed by atoms with Gasteiger partial charge >= 0.3 is 5.97 Å². The summed E-state index contributed by atoms with van der Waals surface area (Å²) < 4.78 is 0. The van der Waals surface area contributed by atoms with Gasteiger partial charge in [-0.15, -0.1) is 0 Å². The summed E-state index contributed by atoms with van der Waals surface area (Å²) in [6.07, 6.45) is 0. The lowest BCUT2D eigenvalue weighted by atomic mass is 10.1. The van der Waals surface area contributed by atoms with E-state index in [4.69, 9.17) is 5.11 Å². The number of hydrogen-bond acceptors (Lipinski definition) is 4. The predicted molar refractivity (Wildman–Crippen MR) is 78.2 cm³/mol.